The molecule has 0 radical (unpaired) electrons. The summed E-state index contributed by atoms with van der Waals surface area (Å²) in [6.07, 6.45) is 1.83. The Morgan fingerprint density at radius 1 is 0.393 bits per heavy atom. The van der Waals surface area contributed by atoms with Gasteiger partial charge in [0.05, 0.1) is 17.1 Å². The van der Waals surface area contributed by atoms with Gasteiger partial charge in [-0.2, -0.15) is 0 Å². The van der Waals surface area contributed by atoms with Crippen LogP contribution in [0, 0.1) is 0 Å². The van der Waals surface area contributed by atoms with Gasteiger partial charge in [0.15, 0.2) is 5.82 Å². The first-order valence-electron chi connectivity index (χ1n) is 18.7. The Hall–Kier alpha value is -7.21. The summed E-state index contributed by atoms with van der Waals surface area (Å²) in [5, 5.41) is 4.80. The van der Waals surface area contributed by atoms with Gasteiger partial charge in [-0.25, -0.2) is 9.97 Å². The van der Waals surface area contributed by atoms with Crippen molar-refractivity contribution in [3.63, 3.8) is 0 Å². The van der Waals surface area contributed by atoms with Crippen LogP contribution in [-0.2, 0) is 0 Å². The Morgan fingerprint density at radius 3 is 1.89 bits per heavy atom. The van der Waals surface area contributed by atoms with Crippen LogP contribution in [0.5, 0.6) is 0 Å². The summed E-state index contributed by atoms with van der Waals surface area (Å²) in [5.41, 5.74) is 12.8. The molecule has 0 saturated heterocycles. The zero-order valence-corrected chi connectivity index (χ0v) is 30.9. The highest BCUT2D eigenvalue weighted by Crippen LogP contribution is 2.44. The minimum Gasteiger partial charge on any atom is -0.455 e. The quantitative estimate of drug-likeness (QED) is 0.171. The van der Waals surface area contributed by atoms with Crippen LogP contribution in [0.15, 0.2) is 193 Å². The smallest absolute Gasteiger partial charge is 0.160 e. The number of aromatic nitrogens is 3. The molecule has 0 fully saturated rings. The number of nitrogens with zero attached hydrogens (tertiary/aromatic N) is 3. The Labute approximate surface area is 327 Å². The van der Waals surface area contributed by atoms with Gasteiger partial charge in [0, 0.05) is 65.0 Å². The topological polar surface area (TPSA) is 51.8 Å². The van der Waals surface area contributed by atoms with E-state index < -0.39 is 0 Å². The molecule has 0 aliphatic rings. The van der Waals surface area contributed by atoms with Crippen molar-refractivity contribution in [2.45, 2.75) is 0 Å². The van der Waals surface area contributed by atoms with Gasteiger partial charge in [-0.05, 0) is 59.2 Å². The Morgan fingerprint density at radius 2 is 1.05 bits per heavy atom. The van der Waals surface area contributed by atoms with Crippen molar-refractivity contribution in [3.05, 3.63) is 188 Å². The lowest BCUT2D eigenvalue weighted by molar-refractivity contribution is 0.670. The molecule has 0 bridgehead atoms. The lowest BCUT2D eigenvalue weighted by Crippen LogP contribution is -1.97. The fourth-order valence-corrected chi connectivity index (χ4v) is 9.06. The summed E-state index contributed by atoms with van der Waals surface area (Å²) in [6.45, 7) is 0. The minimum absolute atomic E-state index is 0.662. The minimum atomic E-state index is 0.662. The predicted octanol–water partition coefficient (Wildman–Crippen LogP) is 14.1. The van der Waals surface area contributed by atoms with E-state index in [-0.39, 0.29) is 0 Å². The van der Waals surface area contributed by atoms with Crippen LogP contribution >= 0.6 is 11.3 Å². The van der Waals surface area contributed by atoms with Crippen molar-refractivity contribution in [1.82, 2.24) is 15.0 Å². The van der Waals surface area contributed by atoms with E-state index in [4.69, 9.17) is 14.4 Å². The van der Waals surface area contributed by atoms with Gasteiger partial charge in [0.25, 0.3) is 0 Å². The van der Waals surface area contributed by atoms with E-state index in [1.54, 1.807) is 0 Å². The van der Waals surface area contributed by atoms with E-state index in [2.05, 4.69) is 138 Å². The molecule has 0 aliphatic heterocycles. The molecule has 0 spiro atoms. The van der Waals surface area contributed by atoms with Gasteiger partial charge >= 0.3 is 0 Å². The summed E-state index contributed by atoms with van der Waals surface area (Å²) in [6, 6.07) is 63.5. The molecule has 0 unspecified atom stereocenters. The molecule has 4 nitrogen and oxygen atoms in total. The average Bonchev–Trinajstić information content (AvgIpc) is 3.85. The van der Waals surface area contributed by atoms with Gasteiger partial charge in [0.1, 0.15) is 11.2 Å². The van der Waals surface area contributed by atoms with E-state index >= 15 is 0 Å². The molecule has 7 aromatic carbocycles. The molecular weight excluding hydrogens is 703 g/mol. The second kappa shape index (κ2) is 13.3. The molecule has 4 heterocycles. The Bertz CT molecular complexity index is 3240. The number of benzene rings is 7. The third-order valence-corrected chi connectivity index (χ3v) is 11.7. The maximum absolute atomic E-state index is 6.70. The third-order valence-electron chi connectivity index (χ3n) is 10.6. The lowest BCUT2D eigenvalue weighted by atomic mass is 9.94. The number of furan rings is 1. The molecule has 56 heavy (non-hydrogen) atoms. The van der Waals surface area contributed by atoms with E-state index in [1.807, 2.05) is 66.1 Å². The third kappa shape index (κ3) is 5.48. The van der Waals surface area contributed by atoms with Gasteiger partial charge in [-0.3, -0.25) is 4.98 Å². The second-order valence-corrected chi connectivity index (χ2v) is 15.0. The van der Waals surface area contributed by atoms with Crippen LogP contribution in [0.1, 0.15) is 0 Å². The highest BCUT2D eigenvalue weighted by molar-refractivity contribution is 7.25. The van der Waals surface area contributed by atoms with Gasteiger partial charge < -0.3 is 4.42 Å². The Balaban J connectivity index is 1.03. The van der Waals surface area contributed by atoms with Crippen LogP contribution in [0.2, 0.25) is 0 Å². The molecule has 11 rings (SSSR count). The average molecular weight is 734 g/mol. The fourth-order valence-electron chi connectivity index (χ4n) is 7.91. The predicted molar refractivity (Wildman–Crippen MR) is 233 cm³/mol. The van der Waals surface area contributed by atoms with Crippen LogP contribution in [0.3, 0.4) is 0 Å². The lowest BCUT2D eigenvalue weighted by Gasteiger charge is -2.13. The highest BCUT2D eigenvalue weighted by atomic mass is 32.1. The molecular formula is C51H31N3OS. The van der Waals surface area contributed by atoms with Crippen molar-refractivity contribution in [2.75, 3.05) is 0 Å². The van der Waals surface area contributed by atoms with Crippen molar-refractivity contribution in [1.29, 1.82) is 0 Å². The molecule has 5 heteroatoms. The molecule has 262 valence electrons. The molecule has 4 aromatic heterocycles. The van der Waals surface area contributed by atoms with Gasteiger partial charge in [0.2, 0.25) is 0 Å². The molecule has 0 N–H and O–H groups in total. The summed E-state index contributed by atoms with van der Waals surface area (Å²) in [5.74, 6) is 0.662. The fraction of sp³-hybridized carbons (Fsp3) is 0. The highest BCUT2D eigenvalue weighted by Gasteiger charge is 2.19. The van der Waals surface area contributed by atoms with Gasteiger partial charge in [-0.1, -0.05) is 140 Å². The maximum atomic E-state index is 6.70. The van der Waals surface area contributed by atoms with Crippen molar-refractivity contribution in [2.24, 2.45) is 0 Å². The largest absolute Gasteiger partial charge is 0.455 e. The van der Waals surface area contributed by atoms with E-state index in [0.29, 0.717) is 5.82 Å². The summed E-state index contributed by atoms with van der Waals surface area (Å²) in [4.78, 5) is 15.0. The molecule has 0 aliphatic carbocycles. The first-order chi connectivity index (χ1) is 27.7. The summed E-state index contributed by atoms with van der Waals surface area (Å²) >= 11 is 1.84. The summed E-state index contributed by atoms with van der Waals surface area (Å²) in [7, 11) is 0. The Kier molecular flexibility index (Phi) is 7.64. The number of pyridine rings is 1. The van der Waals surface area contributed by atoms with Crippen molar-refractivity contribution >= 4 is 53.4 Å². The number of fused-ring (bicyclic) bond motifs is 6. The number of rotatable bonds is 6. The maximum Gasteiger partial charge on any atom is 0.160 e. The second-order valence-electron chi connectivity index (χ2n) is 13.9. The zero-order chi connectivity index (χ0) is 37.0. The zero-order valence-electron chi connectivity index (χ0n) is 30.1. The molecule has 0 amide bonds. The number of para-hydroxylation sites is 1. The van der Waals surface area contributed by atoms with Crippen LogP contribution in [-0.4, -0.2) is 15.0 Å². The van der Waals surface area contributed by atoms with Crippen LogP contribution in [0.4, 0.5) is 0 Å². The first kappa shape index (κ1) is 32.2. The number of hydrogen-bond donors (Lipinski definition) is 0. The molecule has 11 aromatic rings. The van der Waals surface area contributed by atoms with Crippen molar-refractivity contribution in [3.8, 4) is 67.4 Å². The monoisotopic (exact) mass is 733 g/mol. The SMILES string of the molecule is c1ccc(-c2cc(-c3ccccc3-c3ccccn3)nc(-c3ccc(-c4ccc(-c5ccc6c(c5)sc5ccccc56)c5oc6ccccc6c45)cc3)n2)cc1. The van der Waals surface area contributed by atoms with Crippen LogP contribution in [0.25, 0.3) is 110 Å². The normalized spacial score (nSPS) is 11.6. The molecule has 0 atom stereocenters. The number of thiophene rings is 1. The first-order valence-corrected chi connectivity index (χ1v) is 19.5. The van der Waals surface area contributed by atoms with E-state index in [9.17, 15) is 0 Å². The van der Waals surface area contributed by atoms with E-state index in [1.165, 1.54) is 20.2 Å². The summed E-state index contributed by atoms with van der Waals surface area (Å²) < 4.78 is 9.27. The van der Waals surface area contributed by atoms with E-state index in [0.717, 1.165) is 83.5 Å². The molecule has 0 saturated carbocycles. The standard InChI is InChI=1S/C51H31N3OS/c1-2-12-33(13-3-1)44-31-45(39-15-5-4-14-38(39)43-18-10-11-29-52-43)54-51(53-44)34-23-21-32(22-24-34)36-27-28-37(50-49(36)42-17-6-8-19-46(42)55-50)35-25-26-41-40-16-7-9-20-47(40)56-48(41)30-35/h1-31H. The van der Waals surface area contributed by atoms with Crippen LogP contribution < -0.4 is 0 Å². The van der Waals surface area contributed by atoms with Crippen molar-refractivity contribution < 1.29 is 4.42 Å². The van der Waals surface area contributed by atoms with Gasteiger partial charge in [-0.15, -0.1) is 11.3 Å². The number of hydrogen-bond acceptors (Lipinski definition) is 5.